The largest absolute Gasteiger partial charge is 0.442 e. The fraction of sp³-hybridized carbons (Fsp3) is 0.476. The SMILES string of the molecule is CCN(C)/C=N\c1cc(Cl)c(Oc2snc(C3(CC)C(C)C3(Cl)Cl)c2C#N)cc1C. The summed E-state index contributed by atoms with van der Waals surface area (Å²) in [6.45, 7) is 8.80. The van der Waals surface area contributed by atoms with Crippen molar-refractivity contribution in [2.75, 3.05) is 13.6 Å². The van der Waals surface area contributed by atoms with Crippen LogP contribution in [0, 0.1) is 24.2 Å². The van der Waals surface area contributed by atoms with Gasteiger partial charge in [0.15, 0.2) is 0 Å². The van der Waals surface area contributed by atoms with E-state index >= 15 is 0 Å². The standard InChI is InChI=1S/C21H23Cl3N4OS/c1-6-20(13(4)21(20,23)24)18-14(10-25)19(30-27-18)29-17-8-12(3)16(9-15(17)22)26-11-28(5)7-2/h8-9,11,13H,6-7H2,1-5H3/b26-11-. The van der Waals surface area contributed by atoms with Crippen LogP contribution >= 0.6 is 46.3 Å². The Morgan fingerprint density at radius 2 is 2.07 bits per heavy atom. The number of ether oxygens (including phenoxy) is 1. The van der Waals surface area contributed by atoms with Crippen molar-refractivity contribution in [3.8, 4) is 16.9 Å². The van der Waals surface area contributed by atoms with Crippen LogP contribution in [0.25, 0.3) is 0 Å². The Balaban J connectivity index is 1.93. The normalized spacial score (nSPS) is 22.2. The van der Waals surface area contributed by atoms with Crippen LogP contribution in [0.1, 0.15) is 44.0 Å². The first-order chi connectivity index (χ1) is 14.1. The van der Waals surface area contributed by atoms with E-state index in [-0.39, 0.29) is 5.92 Å². The van der Waals surface area contributed by atoms with Gasteiger partial charge in [-0.05, 0) is 38.0 Å². The molecule has 30 heavy (non-hydrogen) atoms. The molecule has 9 heteroatoms. The molecule has 1 aromatic heterocycles. The summed E-state index contributed by atoms with van der Waals surface area (Å²) >= 11 is 20.6. The summed E-state index contributed by atoms with van der Waals surface area (Å²) in [6, 6.07) is 5.78. The Morgan fingerprint density at radius 3 is 2.60 bits per heavy atom. The zero-order valence-electron chi connectivity index (χ0n) is 17.5. The van der Waals surface area contributed by atoms with E-state index in [1.165, 1.54) is 0 Å². The first-order valence-electron chi connectivity index (χ1n) is 9.64. The average Bonchev–Trinajstić information content (AvgIpc) is 2.99. The van der Waals surface area contributed by atoms with E-state index in [1.54, 1.807) is 12.4 Å². The smallest absolute Gasteiger partial charge is 0.218 e. The van der Waals surface area contributed by atoms with Crippen molar-refractivity contribution < 1.29 is 4.74 Å². The molecule has 2 unspecified atom stereocenters. The van der Waals surface area contributed by atoms with E-state index in [0.29, 0.717) is 33.5 Å². The Bertz CT molecular complexity index is 1030. The van der Waals surface area contributed by atoms with E-state index < -0.39 is 9.75 Å². The minimum absolute atomic E-state index is 0.00962. The van der Waals surface area contributed by atoms with E-state index in [9.17, 15) is 5.26 Å². The van der Waals surface area contributed by atoms with Crippen LogP contribution in [0.2, 0.25) is 5.02 Å². The maximum Gasteiger partial charge on any atom is 0.218 e. The van der Waals surface area contributed by atoms with Gasteiger partial charge in [-0.1, -0.05) is 25.4 Å². The van der Waals surface area contributed by atoms with Gasteiger partial charge in [-0.3, -0.25) is 0 Å². The van der Waals surface area contributed by atoms with Crippen molar-refractivity contribution in [1.82, 2.24) is 9.27 Å². The van der Waals surface area contributed by atoms with Crippen molar-refractivity contribution in [3.63, 3.8) is 0 Å². The molecule has 0 saturated heterocycles. The third-order valence-corrected chi connectivity index (χ3v) is 8.24. The molecule has 0 spiro atoms. The van der Waals surface area contributed by atoms with Crippen LogP contribution in [-0.4, -0.2) is 33.5 Å². The van der Waals surface area contributed by atoms with Gasteiger partial charge in [0, 0.05) is 31.0 Å². The number of nitrogens with zero attached hydrogens (tertiary/aromatic N) is 4. The van der Waals surface area contributed by atoms with Crippen molar-refractivity contribution in [2.24, 2.45) is 10.9 Å². The molecule has 2 atom stereocenters. The molecular weight excluding hydrogens is 463 g/mol. The van der Waals surface area contributed by atoms with Gasteiger partial charge in [0.1, 0.15) is 21.7 Å². The molecule has 1 fully saturated rings. The lowest BCUT2D eigenvalue weighted by molar-refractivity contribution is 0.492. The zero-order valence-corrected chi connectivity index (χ0v) is 20.5. The van der Waals surface area contributed by atoms with Crippen LogP contribution < -0.4 is 4.74 Å². The molecule has 3 rings (SSSR count). The van der Waals surface area contributed by atoms with E-state index in [1.807, 2.05) is 45.7 Å². The number of nitriles is 1. The summed E-state index contributed by atoms with van der Waals surface area (Å²) in [6.07, 6.45) is 2.44. The van der Waals surface area contributed by atoms with Gasteiger partial charge in [0.25, 0.3) is 0 Å². The third kappa shape index (κ3) is 3.67. The summed E-state index contributed by atoms with van der Waals surface area (Å²) in [5.41, 5.74) is 2.06. The number of aliphatic imine (C=N–C) groups is 1. The maximum atomic E-state index is 9.82. The molecule has 1 aromatic carbocycles. The topological polar surface area (TPSA) is 61.5 Å². The molecule has 0 N–H and O–H groups in total. The predicted octanol–water partition coefficient (Wildman–Crippen LogP) is 6.85. The monoisotopic (exact) mass is 484 g/mol. The lowest BCUT2D eigenvalue weighted by Gasteiger charge is -2.14. The Morgan fingerprint density at radius 1 is 1.40 bits per heavy atom. The minimum atomic E-state index is -0.946. The van der Waals surface area contributed by atoms with Gasteiger partial charge in [0.2, 0.25) is 5.06 Å². The molecular formula is C21H23Cl3N4OS. The lowest BCUT2D eigenvalue weighted by Crippen LogP contribution is -2.16. The van der Waals surface area contributed by atoms with Gasteiger partial charge in [-0.15, -0.1) is 23.2 Å². The van der Waals surface area contributed by atoms with Crippen LogP contribution in [0.3, 0.4) is 0 Å². The molecule has 0 radical (unpaired) electrons. The number of hydrogen-bond acceptors (Lipinski definition) is 5. The Kier molecular flexibility index (Phi) is 6.60. The second-order valence-electron chi connectivity index (χ2n) is 7.46. The summed E-state index contributed by atoms with van der Waals surface area (Å²) in [5.74, 6) is 0.436. The van der Waals surface area contributed by atoms with Gasteiger partial charge in [0.05, 0.1) is 28.2 Å². The van der Waals surface area contributed by atoms with Crippen molar-refractivity contribution in [1.29, 1.82) is 5.26 Å². The van der Waals surface area contributed by atoms with E-state index in [0.717, 1.165) is 29.3 Å². The minimum Gasteiger partial charge on any atom is -0.442 e. The number of aryl methyl sites for hydroxylation is 1. The number of aromatic nitrogens is 1. The molecule has 1 aliphatic carbocycles. The average molecular weight is 486 g/mol. The van der Waals surface area contributed by atoms with Crippen molar-refractivity contribution in [2.45, 2.75) is 43.9 Å². The van der Waals surface area contributed by atoms with Crippen LogP contribution in [-0.2, 0) is 5.41 Å². The maximum absolute atomic E-state index is 9.82. The molecule has 2 aromatic rings. The van der Waals surface area contributed by atoms with Crippen LogP contribution in [0.15, 0.2) is 17.1 Å². The molecule has 0 bridgehead atoms. The molecule has 160 valence electrons. The molecule has 5 nitrogen and oxygen atoms in total. The zero-order chi connectivity index (χ0) is 22.3. The highest BCUT2D eigenvalue weighted by Crippen LogP contribution is 2.71. The molecule has 0 aliphatic heterocycles. The van der Waals surface area contributed by atoms with Gasteiger partial charge < -0.3 is 9.64 Å². The van der Waals surface area contributed by atoms with Crippen molar-refractivity contribution >= 4 is 58.4 Å². The highest BCUT2D eigenvalue weighted by atomic mass is 35.5. The van der Waals surface area contributed by atoms with Gasteiger partial charge >= 0.3 is 0 Å². The predicted molar refractivity (Wildman–Crippen MR) is 125 cm³/mol. The number of rotatable bonds is 7. The summed E-state index contributed by atoms with van der Waals surface area (Å²) in [4.78, 5) is 6.43. The Labute approximate surface area is 196 Å². The lowest BCUT2D eigenvalue weighted by atomic mass is 9.93. The number of halogens is 3. The number of alkyl halides is 2. The quantitative estimate of drug-likeness (QED) is 0.244. The molecule has 1 saturated carbocycles. The van der Waals surface area contributed by atoms with Crippen LogP contribution in [0.4, 0.5) is 5.69 Å². The fourth-order valence-electron chi connectivity index (χ4n) is 3.66. The number of hydrogen-bond donors (Lipinski definition) is 0. The first-order valence-corrected chi connectivity index (χ1v) is 11.5. The third-order valence-electron chi connectivity index (χ3n) is 5.89. The molecule has 1 heterocycles. The summed E-state index contributed by atoms with van der Waals surface area (Å²) < 4.78 is 9.59. The van der Waals surface area contributed by atoms with Crippen LogP contribution in [0.5, 0.6) is 10.8 Å². The number of benzene rings is 1. The van der Waals surface area contributed by atoms with Gasteiger partial charge in [-0.25, -0.2) is 4.99 Å². The second-order valence-corrected chi connectivity index (χ2v) is 9.99. The highest BCUT2D eigenvalue weighted by molar-refractivity contribution is 7.08. The van der Waals surface area contributed by atoms with E-state index in [4.69, 9.17) is 39.5 Å². The fourth-order valence-corrected chi connectivity index (χ4v) is 5.69. The summed E-state index contributed by atoms with van der Waals surface area (Å²) in [5, 5.41) is 10.6. The highest BCUT2D eigenvalue weighted by Gasteiger charge is 2.75. The van der Waals surface area contributed by atoms with E-state index in [2.05, 4.69) is 15.4 Å². The summed E-state index contributed by atoms with van der Waals surface area (Å²) in [7, 11) is 1.95. The molecule has 1 aliphatic rings. The first kappa shape index (κ1) is 23.1. The van der Waals surface area contributed by atoms with Gasteiger partial charge in [-0.2, -0.15) is 9.64 Å². The second kappa shape index (κ2) is 8.55. The van der Waals surface area contributed by atoms with Crippen molar-refractivity contribution in [3.05, 3.63) is 34.0 Å². The molecule has 0 amide bonds. The Hall–Kier alpha value is -1.52.